The molecule has 0 bridgehead atoms. The Labute approximate surface area is 174 Å². The van der Waals surface area contributed by atoms with Gasteiger partial charge in [-0.3, -0.25) is 4.79 Å². The Kier molecular flexibility index (Phi) is 8.53. The van der Waals surface area contributed by atoms with E-state index in [-0.39, 0.29) is 25.2 Å². The van der Waals surface area contributed by atoms with Gasteiger partial charge in [0.05, 0.1) is 12.2 Å². The molecule has 5 nitrogen and oxygen atoms in total. The summed E-state index contributed by atoms with van der Waals surface area (Å²) < 4.78 is 43.3. The van der Waals surface area contributed by atoms with Crippen LogP contribution < -0.4 is 10.1 Å². The van der Waals surface area contributed by atoms with Crippen LogP contribution in [0.2, 0.25) is 0 Å². The summed E-state index contributed by atoms with van der Waals surface area (Å²) in [5.74, 6) is 0.395. The minimum Gasteiger partial charge on any atom is -0.484 e. The molecule has 2 N–H and O–H groups in total. The molecular weight excluding hydrogens is 397 g/mol. The number of carbonyl (C=O) groups is 1. The number of nitrogens with zero attached hydrogens (tertiary/aromatic N) is 1. The number of carbonyl (C=O) groups excluding carboxylic acids is 1. The van der Waals surface area contributed by atoms with Gasteiger partial charge in [-0.2, -0.15) is 13.2 Å². The highest BCUT2D eigenvalue weighted by Gasteiger charge is 2.30. The zero-order chi connectivity index (χ0) is 22.1. The van der Waals surface area contributed by atoms with Crippen LogP contribution in [-0.2, 0) is 17.6 Å². The number of amides is 1. The predicted molar refractivity (Wildman–Crippen MR) is 109 cm³/mol. The maximum absolute atomic E-state index is 12.6. The highest BCUT2D eigenvalue weighted by atomic mass is 19.4. The van der Waals surface area contributed by atoms with Crippen molar-refractivity contribution in [3.8, 4) is 5.75 Å². The third-order valence-electron chi connectivity index (χ3n) is 4.59. The number of nitrogens with one attached hydrogen (secondary N) is 1. The molecule has 3 rings (SSSR count). The molecule has 0 radical (unpaired) electrons. The van der Waals surface area contributed by atoms with E-state index in [2.05, 4.69) is 5.32 Å². The Hall–Kier alpha value is -2.74. The van der Waals surface area contributed by atoms with E-state index in [0.29, 0.717) is 30.9 Å². The summed E-state index contributed by atoms with van der Waals surface area (Å²) in [5.41, 5.74) is 0.661. The molecule has 0 aromatic heterocycles. The SMILES string of the molecule is CC.O=C(COc1ccc(CO)cc1)N1CCC(Nc2ccc(C(F)(F)F)cc2)C1. The summed E-state index contributed by atoms with van der Waals surface area (Å²) in [7, 11) is 0. The summed E-state index contributed by atoms with van der Waals surface area (Å²) in [4.78, 5) is 14.0. The minimum atomic E-state index is -4.35. The van der Waals surface area contributed by atoms with Gasteiger partial charge in [0.15, 0.2) is 6.61 Å². The first-order valence-corrected chi connectivity index (χ1v) is 9.89. The second kappa shape index (κ2) is 10.9. The van der Waals surface area contributed by atoms with Crippen LogP contribution in [0, 0.1) is 0 Å². The molecule has 1 atom stereocenters. The molecule has 1 unspecified atom stereocenters. The maximum atomic E-state index is 12.6. The van der Waals surface area contributed by atoms with E-state index in [0.717, 1.165) is 17.7 Å². The third-order valence-corrected chi connectivity index (χ3v) is 4.59. The standard InChI is InChI=1S/C20H21F3N2O3.C2H6/c21-20(22,23)15-3-5-16(6-4-15)24-17-9-10-25(11-17)19(27)13-28-18-7-1-14(12-26)2-8-18;1-2/h1-8,17,24,26H,9-13H2;1-2H3. The van der Waals surface area contributed by atoms with Crippen molar-refractivity contribution in [3.63, 3.8) is 0 Å². The van der Waals surface area contributed by atoms with E-state index in [1.54, 1.807) is 29.2 Å². The molecule has 164 valence electrons. The van der Waals surface area contributed by atoms with Crippen molar-refractivity contribution in [1.82, 2.24) is 4.90 Å². The molecule has 0 aliphatic carbocycles. The van der Waals surface area contributed by atoms with E-state index < -0.39 is 11.7 Å². The van der Waals surface area contributed by atoms with Crippen LogP contribution >= 0.6 is 0 Å². The number of rotatable bonds is 6. The predicted octanol–water partition coefficient (Wildman–Crippen LogP) is 4.32. The van der Waals surface area contributed by atoms with Gasteiger partial charge in [0.25, 0.3) is 5.91 Å². The van der Waals surface area contributed by atoms with Crippen molar-refractivity contribution in [3.05, 3.63) is 59.7 Å². The largest absolute Gasteiger partial charge is 0.484 e. The molecule has 0 saturated carbocycles. The summed E-state index contributed by atoms with van der Waals surface area (Å²) in [6.07, 6.45) is -3.65. The molecule has 1 saturated heterocycles. The monoisotopic (exact) mass is 424 g/mol. The Morgan fingerprint density at radius 3 is 2.33 bits per heavy atom. The number of anilines is 1. The first-order valence-electron chi connectivity index (χ1n) is 9.89. The molecule has 30 heavy (non-hydrogen) atoms. The van der Waals surface area contributed by atoms with Crippen LogP contribution in [0.1, 0.15) is 31.4 Å². The first-order chi connectivity index (χ1) is 14.3. The minimum absolute atomic E-state index is 0.0236. The van der Waals surface area contributed by atoms with Crippen LogP contribution in [0.3, 0.4) is 0 Å². The highest BCUT2D eigenvalue weighted by molar-refractivity contribution is 5.78. The molecule has 1 aliphatic heterocycles. The highest BCUT2D eigenvalue weighted by Crippen LogP contribution is 2.30. The molecule has 1 fully saturated rings. The number of hydrogen-bond donors (Lipinski definition) is 2. The van der Waals surface area contributed by atoms with Crippen LogP contribution in [0.4, 0.5) is 18.9 Å². The lowest BCUT2D eigenvalue weighted by atomic mass is 10.2. The van der Waals surface area contributed by atoms with Crippen molar-refractivity contribution < 1.29 is 27.8 Å². The van der Waals surface area contributed by atoms with E-state index >= 15 is 0 Å². The van der Waals surface area contributed by atoms with E-state index in [1.165, 1.54) is 12.1 Å². The molecule has 1 aliphatic rings. The number of alkyl halides is 3. The Morgan fingerprint density at radius 1 is 1.13 bits per heavy atom. The Balaban J connectivity index is 0.00000155. The fourth-order valence-corrected chi connectivity index (χ4v) is 3.02. The van der Waals surface area contributed by atoms with Crippen LogP contribution in [0.25, 0.3) is 0 Å². The van der Waals surface area contributed by atoms with Crippen LogP contribution in [0.5, 0.6) is 5.75 Å². The molecular formula is C22H27F3N2O3. The van der Waals surface area contributed by atoms with Crippen molar-refractivity contribution in [2.75, 3.05) is 25.0 Å². The average Bonchev–Trinajstić information content (AvgIpc) is 3.22. The van der Waals surface area contributed by atoms with E-state index in [1.807, 2.05) is 13.8 Å². The smallest absolute Gasteiger partial charge is 0.416 e. The molecule has 2 aromatic rings. The first kappa shape index (κ1) is 23.5. The number of ether oxygens (including phenoxy) is 1. The lowest BCUT2D eigenvalue weighted by Gasteiger charge is -2.18. The van der Waals surface area contributed by atoms with Crippen molar-refractivity contribution in [2.45, 2.75) is 39.1 Å². The van der Waals surface area contributed by atoms with Gasteiger partial charge >= 0.3 is 6.18 Å². The van der Waals surface area contributed by atoms with Crippen LogP contribution in [0.15, 0.2) is 48.5 Å². The Bertz CT molecular complexity index is 793. The molecule has 8 heteroatoms. The Morgan fingerprint density at radius 2 is 1.77 bits per heavy atom. The second-order valence-corrected chi connectivity index (χ2v) is 6.64. The van der Waals surface area contributed by atoms with Gasteiger partial charge in [0.2, 0.25) is 0 Å². The van der Waals surface area contributed by atoms with Gasteiger partial charge in [-0.15, -0.1) is 0 Å². The van der Waals surface area contributed by atoms with Crippen molar-refractivity contribution in [1.29, 1.82) is 0 Å². The number of aliphatic hydroxyl groups is 1. The summed E-state index contributed by atoms with van der Waals surface area (Å²) in [5, 5.41) is 12.2. The molecule has 1 amide bonds. The fraction of sp³-hybridized carbons (Fsp3) is 0.409. The van der Waals surface area contributed by atoms with Gasteiger partial charge in [0, 0.05) is 24.8 Å². The fourth-order valence-electron chi connectivity index (χ4n) is 3.02. The second-order valence-electron chi connectivity index (χ2n) is 6.64. The van der Waals surface area contributed by atoms with Crippen molar-refractivity contribution >= 4 is 11.6 Å². The van der Waals surface area contributed by atoms with Crippen molar-refractivity contribution in [2.24, 2.45) is 0 Å². The number of halogens is 3. The van der Waals surface area contributed by atoms with Gasteiger partial charge in [-0.25, -0.2) is 0 Å². The summed E-state index contributed by atoms with van der Waals surface area (Å²) in [6.45, 7) is 4.88. The number of likely N-dealkylation sites (tertiary alicyclic amines) is 1. The van der Waals surface area contributed by atoms with Gasteiger partial charge in [-0.1, -0.05) is 26.0 Å². The topological polar surface area (TPSA) is 61.8 Å². The van der Waals surface area contributed by atoms with Crippen LogP contribution in [-0.4, -0.2) is 41.7 Å². The zero-order valence-electron chi connectivity index (χ0n) is 17.1. The molecule has 0 spiro atoms. The number of aliphatic hydroxyl groups excluding tert-OH is 1. The lowest BCUT2D eigenvalue weighted by Crippen LogP contribution is -2.35. The summed E-state index contributed by atoms with van der Waals surface area (Å²) >= 11 is 0. The van der Waals surface area contributed by atoms with E-state index in [9.17, 15) is 18.0 Å². The van der Waals surface area contributed by atoms with Gasteiger partial charge in [-0.05, 0) is 48.4 Å². The molecule has 2 aromatic carbocycles. The normalized spacial score (nSPS) is 15.9. The number of hydrogen-bond acceptors (Lipinski definition) is 4. The van der Waals surface area contributed by atoms with Gasteiger partial charge < -0.3 is 20.1 Å². The quantitative estimate of drug-likeness (QED) is 0.725. The summed E-state index contributed by atoms with van der Waals surface area (Å²) in [6, 6.07) is 11.7. The third kappa shape index (κ3) is 6.66. The maximum Gasteiger partial charge on any atom is 0.416 e. The number of benzene rings is 2. The van der Waals surface area contributed by atoms with Gasteiger partial charge in [0.1, 0.15) is 5.75 Å². The average molecular weight is 424 g/mol. The zero-order valence-corrected chi connectivity index (χ0v) is 17.1. The lowest BCUT2D eigenvalue weighted by molar-refractivity contribution is -0.137. The molecule has 1 heterocycles. The van der Waals surface area contributed by atoms with E-state index in [4.69, 9.17) is 9.84 Å².